The summed E-state index contributed by atoms with van der Waals surface area (Å²) in [7, 11) is 1.48. The lowest BCUT2D eigenvalue weighted by molar-refractivity contribution is -0.121. The molecule has 0 aliphatic carbocycles. The highest BCUT2D eigenvalue weighted by Crippen LogP contribution is 2.25. The Morgan fingerprint density at radius 3 is 2.32 bits per heavy atom. The van der Waals surface area contributed by atoms with Gasteiger partial charge in [-0.15, -0.1) is 0 Å². The van der Waals surface area contributed by atoms with Gasteiger partial charge < -0.3 is 10.4 Å². The van der Waals surface area contributed by atoms with Crippen LogP contribution >= 0.6 is 0 Å². The van der Waals surface area contributed by atoms with Crippen LogP contribution in [-0.4, -0.2) is 60.1 Å². The number of nitrogens with zero attached hydrogens (tertiary/aromatic N) is 2. The lowest BCUT2D eigenvalue weighted by Crippen LogP contribution is -2.44. The SMILES string of the molecule is CNC(=O)CN(CC1CCN(Cc2ccc(-c3ccc(F)cc3)cc2F)CC1)C(=O)O. The normalized spacial score (nSPS) is 14.9. The van der Waals surface area contributed by atoms with Crippen molar-refractivity contribution in [2.24, 2.45) is 5.92 Å². The van der Waals surface area contributed by atoms with Crippen LogP contribution in [0, 0.1) is 17.6 Å². The van der Waals surface area contributed by atoms with E-state index in [0.717, 1.165) is 36.4 Å². The molecule has 0 radical (unpaired) electrons. The molecule has 2 aromatic rings. The fraction of sp³-hybridized carbons (Fsp3) is 0.391. The number of likely N-dealkylation sites (tertiary alicyclic amines) is 1. The summed E-state index contributed by atoms with van der Waals surface area (Å²) in [4.78, 5) is 26.2. The molecule has 0 bridgehead atoms. The highest BCUT2D eigenvalue weighted by molar-refractivity contribution is 5.81. The molecule has 0 atom stereocenters. The van der Waals surface area contributed by atoms with Gasteiger partial charge in [-0.25, -0.2) is 13.6 Å². The molecular formula is C23H27F2N3O3. The van der Waals surface area contributed by atoms with Crippen molar-refractivity contribution in [1.29, 1.82) is 0 Å². The first-order valence-corrected chi connectivity index (χ1v) is 10.3. The number of likely N-dealkylation sites (N-methyl/N-ethyl adjacent to an activating group) is 1. The molecule has 1 heterocycles. The number of piperidine rings is 1. The molecule has 166 valence electrons. The summed E-state index contributed by atoms with van der Waals surface area (Å²) in [6, 6.07) is 11.0. The molecule has 0 spiro atoms. The Balaban J connectivity index is 1.54. The van der Waals surface area contributed by atoms with Gasteiger partial charge in [0.2, 0.25) is 5.91 Å². The summed E-state index contributed by atoms with van der Waals surface area (Å²) >= 11 is 0. The van der Waals surface area contributed by atoms with Gasteiger partial charge in [0.1, 0.15) is 18.2 Å². The van der Waals surface area contributed by atoms with E-state index in [1.54, 1.807) is 18.2 Å². The molecule has 6 nitrogen and oxygen atoms in total. The Kier molecular flexibility index (Phi) is 7.57. The van der Waals surface area contributed by atoms with E-state index in [-0.39, 0.29) is 30.0 Å². The molecule has 0 aromatic heterocycles. The second kappa shape index (κ2) is 10.3. The number of hydrogen-bond acceptors (Lipinski definition) is 3. The third-order valence-corrected chi connectivity index (χ3v) is 5.69. The smallest absolute Gasteiger partial charge is 0.407 e. The number of benzene rings is 2. The van der Waals surface area contributed by atoms with Gasteiger partial charge in [-0.05, 0) is 61.2 Å². The predicted octanol–water partition coefficient (Wildman–Crippen LogP) is 3.57. The Labute approximate surface area is 180 Å². The van der Waals surface area contributed by atoms with Crippen molar-refractivity contribution in [3.05, 3.63) is 59.7 Å². The fourth-order valence-corrected chi connectivity index (χ4v) is 3.84. The highest BCUT2D eigenvalue weighted by Gasteiger charge is 2.25. The van der Waals surface area contributed by atoms with Crippen LogP contribution in [0.4, 0.5) is 13.6 Å². The molecule has 1 fully saturated rings. The number of amides is 2. The van der Waals surface area contributed by atoms with Gasteiger partial charge in [-0.1, -0.05) is 24.3 Å². The maximum atomic E-state index is 14.7. The second-order valence-corrected chi connectivity index (χ2v) is 7.87. The largest absolute Gasteiger partial charge is 0.465 e. The zero-order valence-electron chi connectivity index (χ0n) is 17.5. The van der Waals surface area contributed by atoms with E-state index >= 15 is 0 Å². The summed E-state index contributed by atoms with van der Waals surface area (Å²) in [6.07, 6.45) is 0.467. The minimum Gasteiger partial charge on any atom is -0.465 e. The summed E-state index contributed by atoms with van der Waals surface area (Å²) < 4.78 is 27.7. The summed E-state index contributed by atoms with van der Waals surface area (Å²) in [5, 5.41) is 11.8. The van der Waals surface area contributed by atoms with Crippen molar-refractivity contribution < 1.29 is 23.5 Å². The zero-order valence-corrected chi connectivity index (χ0v) is 17.5. The predicted molar refractivity (Wildman–Crippen MR) is 113 cm³/mol. The monoisotopic (exact) mass is 431 g/mol. The van der Waals surface area contributed by atoms with Crippen molar-refractivity contribution >= 4 is 12.0 Å². The number of carboxylic acid groups (broad SMARTS) is 1. The van der Waals surface area contributed by atoms with E-state index in [0.29, 0.717) is 24.2 Å². The van der Waals surface area contributed by atoms with Crippen molar-refractivity contribution in [3.8, 4) is 11.1 Å². The van der Waals surface area contributed by atoms with Crippen LogP contribution in [-0.2, 0) is 11.3 Å². The third-order valence-electron chi connectivity index (χ3n) is 5.69. The number of carbonyl (C=O) groups excluding carboxylic acids is 1. The standard InChI is InChI=1S/C23H27F2N3O3/c1-26-22(29)15-28(23(30)31)13-16-8-10-27(11-9-16)14-19-3-2-18(12-21(19)25)17-4-6-20(24)7-5-17/h2-7,12,16H,8-11,13-15H2,1H3,(H,26,29)(H,30,31). The molecule has 2 aromatic carbocycles. The number of nitrogens with one attached hydrogen (secondary N) is 1. The lowest BCUT2D eigenvalue weighted by Gasteiger charge is -2.34. The van der Waals surface area contributed by atoms with Crippen LogP contribution in [0.1, 0.15) is 18.4 Å². The molecule has 1 saturated heterocycles. The zero-order chi connectivity index (χ0) is 22.4. The number of carbonyl (C=O) groups is 2. The van der Waals surface area contributed by atoms with Crippen LogP contribution in [0.2, 0.25) is 0 Å². The molecule has 2 N–H and O–H groups in total. The van der Waals surface area contributed by atoms with Crippen LogP contribution in [0.3, 0.4) is 0 Å². The number of rotatable bonds is 7. The molecule has 3 rings (SSSR count). The van der Waals surface area contributed by atoms with Gasteiger partial charge in [0, 0.05) is 25.7 Å². The fourth-order valence-electron chi connectivity index (χ4n) is 3.84. The van der Waals surface area contributed by atoms with E-state index in [9.17, 15) is 23.5 Å². The molecule has 2 amide bonds. The van der Waals surface area contributed by atoms with Crippen molar-refractivity contribution in [2.75, 3.05) is 33.2 Å². The first-order chi connectivity index (χ1) is 14.9. The van der Waals surface area contributed by atoms with E-state index in [1.807, 2.05) is 6.07 Å². The Morgan fingerprint density at radius 2 is 1.74 bits per heavy atom. The number of halogens is 2. The maximum Gasteiger partial charge on any atom is 0.407 e. The van der Waals surface area contributed by atoms with Crippen molar-refractivity contribution in [1.82, 2.24) is 15.1 Å². The quantitative estimate of drug-likeness (QED) is 0.703. The first kappa shape index (κ1) is 22.7. The van der Waals surface area contributed by atoms with E-state index in [4.69, 9.17) is 0 Å². The average Bonchev–Trinajstić information content (AvgIpc) is 2.76. The second-order valence-electron chi connectivity index (χ2n) is 7.87. The van der Waals surface area contributed by atoms with Gasteiger partial charge in [0.05, 0.1) is 0 Å². The van der Waals surface area contributed by atoms with Crippen LogP contribution in [0.5, 0.6) is 0 Å². The molecule has 1 aliphatic rings. The topological polar surface area (TPSA) is 72.9 Å². The summed E-state index contributed by atoms with van der Waals surface area (Å²) in [5.74, 6) is -0.793. The van der Waals surface area contributed by atoms with Crippen molar-refractivity contribution in [2.45, 2.75) is 19.4 Å². The molecule has 1 aliphatic heterocycles. The first-order valence-electron chi connectivity index (χ1n) is 10.3. The van der Waals surface area contributed by atoms with E-state index in [1.165, 1.54) is 25.2 Å². The summed E-state index contributed by atoms with van der Waals surface area (Å²) in [5.41, 5.74) is 2.05. The highest BCUT2D eigenvalue weighted by atomic mass is 19.1. The van der Waals surface area contributed by atoms with E-state index < -0.39 is 6.09 Å². The van der Waals surface area contributed by atoms with Gasteiger partial charge in [-0.2, -0.15) is 0 Å². The van der Waals surface area contributed by atoms with Crippen LogP contribution in [0.15, 0.2) is 42.5 Å². The van der Waals surface area contributed by atoms with E-state index in [2.05, 4.69) is 10.2 Å². The number of hydrogen-bond donors (Lipinski definition) is 2. The molecule has 0 saturated carbocycles. The van der Waals surface area contributed by atoms with Crippen LogP contribution < -0.4 is 5.32 Å². The molecule has 31 heavy (non-hydrogen) atoms. The summed E-state index contributed by atoms with van der Waals surface area (Å²) in [6.45, 7) is 2.09. The third kappa shape index (κ3) is 6.24. The molecular weight excluding hydrogens is 404 g/mol. The van der Waals surface area contributed by atoms with Gasteiger partial charge in [0.25, 0.3) is 0 Å². The lowest BCUT2D eigenvalue weighted by atomic mass is 9.95. The van der Waals surface area contributed by atoms with Crippen molar-refractivity contribution in [3.63, 3.8) is 0 Å². The minimum absolute atomic E-state index is 0.169. The average molecular weight is 431 g/mol. The van der Waals surface area contributed by atoms with Gasteiger partial charge in [-0.3, -0.25) is 14.6 Å². The Hall–Kier alpha value is -3.00. The van der Waals surface area contributed by atoms with Crippen LogP contribution in [0.25, 0.3) is 11.1 Å². The maximum absolute atomic E-state index is 14.7. The molecule has 8 heteroatoms. The molecule has 0 unspecified atom stereocenters. The minimum atomic E-state index is -1.10. The Morgan fingerprint density at radius 1 is 1.10 bits per heavy atom. The Bertz CT molecular complexity index is 913. The van der Waals surface area contributed by atoms with Gasteiger partial charge in [0.15, 0.2) is 0 Å². The van der Waals surface area contributed by atoms with Gasteiger partial charge >= 0.3 is 6.09 Å².